The van der Waals surface area contributed by atoms with E-state index in [1.54, 1.807) is 0 Å². The average molecular weight is 369 g/mol. The highest BCUT2D eigenvalue weighted by Crippen LogP contribution is 2.41. The van der Waals surface area contributed by atoms with E-state index in [1.165, 1.54) is 7.05 Å². The van der Waals surface area contributed by atoms with Gasteiger partial charge in [0.05, 0.1) is 0 Å². The molecule has 24 heavy (non-hydrogen) atoms. The van der Waals surface area contributed by atoms with Crippen molar-refractivity contribution in [3.05, 3.63) is 11.9 Å². The van der Waals surface area contributed by atoms with Gasteiger partial charge in [0.15, 0.2) is 0 Å². The van der Waals surface area contributed by atoms with Gasteiger partial charge in [0.1, 0.15) is 10.6 Å². The molecule has 0 bridgehead atoms. The lowest BCUT2D eigenvalue weighted by Crippen LogP contribution is -2.46. The fourth-order valence-electron chi connectivity index (χ4n) is 2.86. The molecule has 1 aliphatic rings. The van der Waals surface area contributed by atoms with Gasteiger partial charge in [-0.25, -0.2) is 26.4 Å². The Kier molecular flexibility index (Phi) is 4.84. The van der Waals surface area contributed by atoms with Crippen molar-refractivity contribution >= 4 is 15.9 Å². The highest BCUT2D eigenvalue weighted by molar-refractivity contribution is 7.92. The van der Waals surface area contributed by atoms with Crippen molar-refractivity contribution in [3.8, 4) is 0 Å². The number of amides is 1. The van der Waals surface area contributed by atoms with Gasteiger partial charge in [-0.1, -0.05) is 0 Å². The molecule has 7 nitrogen and oxygen atoms in total. The van der Waals surface area contributed by atoms with E-state index in [-0.39, 0.29) is 25.9 Å². The lowest BCUT2D eigenvalue weighted by Gasteiger charge is -2.36. The van der Waals surface area contributed by atoms with E-state index in [9.17, 15) is 22.0 Å². The number of nitrogens with zero attached hydrogens (tertiary/aromatic N) is 3. The molecule has 0 spiro atoms. The van der Waals surface area contributed by atoms with Crippen LogP contribution >= 0.6 is 0 Å². The molecule has 0 aliphatic carbocycles. The van der Waals surface area contributed by atoms with Crippen molar-refractivity contribution < 1.29 is 31.5 Å². The van der Waals surface area contributed by atoms with Crippen LogP contribution < -0.4 is 0 Å². The van der Waals surface area contributed by atoms with Gasteiger partial charge in [-0.3, -0.25) is 4.68 Å². The smallest absolute Gasteiger partial charge is 0.407 e. The van der Waals surface area contributed by atoms with Gasteiger partial charge in [-0.15, -0.1) is 0 Å². The van der Waals surface area contributed by atoms with Crippen LogP contribution in [0.2, 0.25) is 0 Å². The first-order valence-corrected chi connectivity index (χ1v) is 8.70. The fourth-order valence-corrected chi connectivity index (χ4v) is 4.66. The first kappa shape index (κ1) is 18.6. The number of hydrogen-bond donors (Lipinski definition) is 1. The number of aryl methyl sites for hydroxylation is 1. The van der Waals surface area contributed by atoms with E-state index in [0.29, 0.717) is 0 Å². The van der Waals surface area contributed by atoms with E-state index >= 15 is 4.39 Å². The van der Waals surface area contributed by atoms with Crippen LogP contribution in [0, 0.1) is 5.92 Å². The van der Waals surface area contributed by atoms with E-state index in [2.05, 4.69) is 5.10 Å². The molecule has 0 radical (unpaired) electrons. The molecule has 1 aromatic heterocycles. The van der Waals surface area contributed by atoms with Gasteiger partial charge in [0.25, 0.3) is 6.43 Å². The Labute approximate surface area is 137 Å². The van der Waals surface area contributed by atoms with E-state index < -0.39 is 43.9 Å². The lowest BCUT2D eigenvalue weighted by atomic mass is 9.92. The van der Waals surface area contributed by atoms with Crippen molar-refractivity contribution in [2.24, 2.45) is 13.0 Å². The van der Waals surface area contributed by atoms with Gasteiger partial charge in [0, 0.05) is 32.3 Å². The SMILES string of the molecule is Cn1cc(S(=O)(=O)[C@](C)(F)C2CCN(C(=O)O)CC2)c(C(F)F)n1. The van der Waals surface area contributed by atoms with Crippen molar-refractivity contribution in [1.29, 1.82) is 0 Å². The highest BCUT2D eigenvalue weighted by atomic mass is 32.2. The Bertz CT molecular complexity index is 725. The third kappa shape index (κ3) is 3.08. The highest BCUT2D eigenvalue weighted by Gasteiger charge is 2.50. The Balaban J connectivity index is 2.33. The number of sulfone groups is 1. The topological polar surface area (TPSA) is 92.5 Å². The van der Waals surface area contributed by atoms with Gasteiger partial charge in [-0.2, -0.15) is 5.10 Å². The monoisotopic (exact) mass is 369 g/mol. The molecule has 1 aliphatic heterocycles. The summed E-state index contributed by atoms with van der Waals surface area (Å²) in [5.74, 6) is -0.996. The maximum Gasteiger partial charge on any atom is 0.407 e. The summed E-state index contributed by atoms with van der Waals surface area (Å²) in [6, 6.07) is 0. The second kappa shape index (κ2) is 6.26. The maximum atomic E-state index is 15.2. The minimum atomic E-state index is -4.73. The summed E-state index contributed by atoms with van der Waals surface area (Å²) >= 11 is 0. The average Bonchev–Trinajstić information content (AvgIpc) is 2.90. The molecular weight excluding hydrogens is 351 g/mol. The second-order valence-corrected chi connectivity index (χ2v) is 8.13. The van der Waals surface area contributed by atoms with Crippen LogP contribution in [0.15, 0.2) is 11.1 Å². The summed E-state index contributed by atoms with van der Waals surface area (Å²) in [6.45, 7) is 0.819. The van der Waals surface area contributed by atoms with Gasteiger partial charge < -0.3 is 10.0 Å². The predicted molar refractivity (Wildman–Crippen MR) is 77.2 cm³/mol. The number of rotatable bonds is 4. The molecule has 1 N–H and O–H groups in total. The molecule has 136 valence electrons. The molecule has 1 amide bonds. The molecule has 11 heteroatoms. The van der Waals surface area contributed by atoms with Crippen LogP contribution in [0.4, 0.5) is 18.0 Å². The van der Waals surface area contributed by atoms with Crippen molar-refractivity contribution in [2.75, 3.05) is 13.1 Å². The van der Waals surface area contributed by atoms with Gasteiger partial charge in [-0.05, 0) is 19.8 Å². The van der Waals surface area contributed by atoms with Crippen LogP contribution in [0.1, 0.15) is 31.9 Å². The molecule has 1 aromatic rings. The third-order valence-corrected chi connectivity index (χ3v) is 6.62. The van der Waals surface area contributed by atoms with Crippen LogP contribution in [-0.4, -0.2) is 52.4 Å². The second-order valence-electron chi connectivity index (χ2n) is 5.89. The maximum absolute atomic E-state index is 15.2. The molecular formula is C13H18F3N3O4S. The fraction of sp³-hybridized carbons (Fsp3) is 0.692. The first-order valence-electron chi connectivity index (χ1n) is 7.21. The van der Waals surface area contributed by atoms with E-state index in [0.717, 1.165) is 22.7 Å². The number of carboxylic acid groups (broad SMARTS) is 1. The lowest BCUT2D eigenvalue weighted by molar-refractivity contribution is 0.0910. The number of likely N-dealkylation sites (tertiary alicyclic amines) is 1. The Morgan fingerprint density at radius 1 is 1.42 bits per heavy atom. The third-order valence-electron chi connectivity index (χ3n) is 4.34. The molecule has 0 saturated carbocycles. The summed E-state index contributed by atoms with van der Waals surface area (Å²) in [6.07, 6.45) is -3.48. The number of aromatic nitrogens is 2. The van der Waals surface area contributed by atoms with Gasteiger partial charge in [0.2, 0.25) is 14.8 Å². The number of alkyl halides is 3. The summed E-state index contributed by atoms with van der Waals surface area (Å²) < 4.78 is 67.3. The van der Waals surface area contributed by atoms with Crippen molar-refractivity contribution in [1.82, 2.24) is 14.7 Å². The zero-order chi connectivity index (χ0) is 18.3. The van der Waals surface area contributed by atoms with Crippen LogP contribution in [0.5, 0.6) is 0 Å². The van der Waals surface area contributed by atoms with Crippen LogP contribution in [0.3, 0.4) is 0 Å². The largest absolute Gasteiger partial charge is 0.465 e. The Morgan fingerprint density at radius 2 is 1.96 bits per heavy atom. The van der Waals surface area contributed by atoms with Crippen molar-refractivity contribution in [3.63, 3.8) is 0 Å². The predicted octanol–water partition coefficient (Wildman–Crippen LogP) is 2.21. The normalized spacial score (nSPS) is 19.5. The standard InChI is InChI=1S/C13H18F3N3O4S/c1-13(16,8-3-5-19(6-4-8)12(20)21)24(22,23)9-7-18(2)17-10(9)11(14)15/h7-8,11H,3-6H2,1-2H3,(H,20,21)/t13-/m0/s1. The zero-order valence-electron chi connectivity index (χ0n) is 13.1. The molecule has 2 heterocycles. The molecule has 1 atom stereocenters. The molecule has 0 aromatic carbocycles. The number of halogens is 3. The zero-order valence-corrected chi connectivity index (χ0v) is 13.9. The minimum Gasteiger partial charge on any atom is -0.465 e. The molecule has 1 fully saturated rings. The van der Waals surface area contributed by atoms with E-state index in [4.69, 9.17) is 5.11 Å². The van der Waals surface area contributed by atoms with Crippen LogP contribution in [0.25, 0.3) is 0 Å². The number of piperidine rings is 1. The Hall–Kier alpha value is -1.78. The summed E-state index contributed by atoms with van der Waals surface area (Å²) in [5.41, 5.74) is -0.982. The summed E-state index contributed by atoms with van der Waals surface area (Å²) in [5, 5.41) is 9.49. The summed E-state index contributed by atoms with van der Waals surface area (Å²) in [4.78, 5) is 11.1. The molecule has 1 saturated heterocycles. The van der Waals surface area contributed by atoms with E-state index in [1.807, 2.05) is 0 Å². The van der Waals surface area contributed by atoms with Gasteiger partial charge >= 0.3 is 6.09 Å². The van der Waals surface area contributed by atoms with Crippen LogP contribution in [-0.2, 0) is 16.9 Å². The van der Waals surface area contributed by atoms with Crippen molar-refractivity contribution in [2.45, 2.75) is 36.1 Å². The Morgan fingerprint density at radius 3 is 2.42 bits per heavy atom. The summed E-state index contributed by atoms with van der Waals surface area (Å²) in [7, 11) is -3.46. The molecule has 0 unspecified atom stereocenters. The number of carbonyl (C=O) groups is 1. The minimum absolute atomic E-state index is 0.0101. The first-order chi connectivity index (χ1) is 11.0. The number of hydrogen-bond acceptors (Lipinski definition) is 4. The molecule has 2 rings (SSSR count). The quantitative estimate of drug-likeness (QED) is 0.878.